The van der Waals surface area contributed by atoms with E-state index in [0.717, 1.165) is 0 Å². The average molecular weight is 254 g/mol. The van der Waals surface area contributed by atoms with Gasteiger partial charge in [-0.2, -0.15) is 0 Å². The number of sulfonamides is 1. The van der Waals surface area contributed by atoms with Gasteiger partial charge in [0.2, 0.25) is 15.9 Å². The summed E-state index contributed by atoms with van der Waals surface area (Å²) in [5.74, 6) is -0.252. The molecule has 1 heterocycles. The molecule has 1 aromatic rings. The number of para-hydroxylation sites is 2. The van der Waals surface area contributed by atoms with Gasteiger partial charge in [-0.25, -0.2) is 8.42 Å². The highest BCUT2D eigenvalue weighted by Crippen LogP contribution is 2.31. The van der Waals surface area contributed by atoms with E-state index in [1.54, 1.807) is 31.2 Å². The molecule has 5 nitrogen and oxygen atoms in total. The van der Waals surface area contributed by atoms with E-state index in [-0.39, 0.29) is 18.2 Å². The number of carbonyl (C=O) groups excluding carboxylic acids is 1. The van der Waals surface area contributed by atoms with E-state index in [1.165, 1.54) is 4.31 Å². The number of carbonyl (C=O) groups is 1. The Hall–Kier alpha value is -1.56. The van der Waals surface area contributed by atoms with Crippen LogP contribution in [0.25, 0.3) is 0 Å². The molecule has 1 aliphatic rings. The van der Waals surface area contributed by atoms with Crippen LogP contribution in [0.2, 0.25) is 0 Å². The number of amides is 1. The fourth-order valence-electron chi connectivity index (χ4n) is 1.82. The third-order valence-corrected chi connectivity index (χ3v) is 4.45. The minimum atomic E-state index is -3.41. The fraction of sp³-hybridized carbons (Fsp3) is 0.364. The molecule has 92 valence electrons. The first-order valence-electron chi connectivity index (χ1n) is 5.44. The van der Waals surface area contributed by atoms with Crippen LogP contribution in [-0.2, 0) is 14.8 Å². The van der Waals surface area contributed by atoms with Crippen molar-refractivity contribution in [1.82, 2.24) is 0 Å². The van der Waals surface area contributed by atoms with E-state index in [2.05, 4.69) is 5.32 Å². The van der Waals surface area contributed by atoms with Crippen LogP contribution < -0.4 is 9.62 Å². The molecule has 0 fully saturated rings. The minimum absolute atomic E-state index is 0.0502. The predicted molar refractivity (Wildman–Crippen MR) is 66.5 cm³/mol. The zero-order chi connectivity index (χ0) is 12.5. The molecule has 1 N–H and O–H groups in total. The molecule has 0 spiro atoms. The molecular formula is C11H14N2O3S. The lowest BCUT2D eigenvalue weighted by Crippen LogP contribution is -2.43. The highest BCUT2D eigenvalue weighted by Gasteiger charge is 2.29. The Morgan fingerprint density at radius 2 is 2.06 bits per heavy atom. The maximum Gasteiger partial charge on any atom is 0.245 e. The van der Waals surface area contributed by atoms with Crippen LogP contribution in [0.15, 0.2) is 24.3 Å². The van der Waals surface area contributed by atoms with Crippen molar-refractivity contribution in [3.05, 3.63) is 24.3 Å². The van der Waals surface area contributed by atoms with E-state index in [9.17, 15) is 13.2 Å². The van der Waals surface area contributed by atoms with Crippen LogP contribution in [0.5, 0.6) is 0 Å². The van der Waals surface area contributed by atoms with Crippen LogP contribution in [0.3, 0.4) is 0 Å². The SMILES string of the molecule is CCCS(=O)(=O)N1CC(=O)Nc2ccccc21. The van der Waals surface area contributed by atoms with Crippen molar-refractivity contribution in [3.63, 3.8) is 0 Å². The van der Waals surface area contributed by atoms with E-state index >= 15 is 0 Å². The molecule has 1 amide bonds. The number of nitrogens with one attached hydrogen (secondary N) is 1. The second kappa shape index (κ2) is 4.37. The maximum absolute atomic E-state index is 12.0. The summed E-state index contributed by atoms with van der Waals surface area (Å²) >= 11 is 0. The van der Waals surface area contributed by atoms with E-state index in [4.69, 9.17) is 0 Å². The maximum atomic E-state index is 12.0. The molecule has 0 saturated heterocycles. The van der Waals surface area contributed by atoms with Crippen molar-refractivity contribution >= 4 is 27.3 Å². The molecule has 1 aromatic carbocycles. The van der Waals surface area contributed by atoms with Gasteiger partial charge in [-0.05, 0) is 18.6 Å². The monoisotopic (exact) mass is 254 g/mol. The Balaban J connectivity index is 2.46. The summed E-state index contributed by atoms with van der Waals surface area (Å²) < 4.78 is 25.3. The van der Waals surface area contributed by atoms with Crippen molar-refractivity contribution in [2.75, 3.05) is 21.9 Å². The highest BCUT2D eigenvalue weighted by atomic mass is 32.2. The van der Waals surface area contributed by atoms with E-state index < -0.39 is 10.0 Å². The molecule has 0 aliphatic carbocycles. The summed E-state index contributed by atoms with van der Waals surface area (Å²) in [5.41, 5.74) is 1.09. The molecule has 1 aliphatic heterocycles. The number of benzene rings is 1. The number of hydrogen-bond donors (Lipinski definition) is 1. The lowest BCUT2D eigenvalue weighted by atomic mass is 10.2. The van der Waals surface area contributed by atoms with Gasteiger partial charge in [0.25, 0.3) is 0 Å². The summed E-state index contributed by atoms with van der Waals surface area (Å²) in [5, 5.41) is 2.66. The van der Waals surface area contributed by atoms with Gasteiger partial charge >= 0.3 is 0 Å². The third-order valence-electron chi connectivity index (χ3n) is 2.53. The number of fused-ring (bicyclic) bond motifs is 1. The molecule has 2 rings (SSSR count). The molecule has 6 heteroatoms. The number of hydrogen-bond acceptors (Lipinski definition) is 3. The van der Waals surface area contributed by atoms with Crippen molar-refractivity contribution < 1.29 is 13.2 Å². The van der Waals surface area contributed by atoms with Gasteiger partial charge in [0.15, 0.2) is 0 Å². The second-order valence-corrected chi connectivity index (χ2v) is 5.90. The Bertz CT molecular complexity index is 539. The van der Waals surface area contributed by atoms with E-state index in [1.807, 2.05) is 0 Å². The third kappa shape index (κ3) is 2.26. The van der Waals surface area contributed by atoms with Gasteiger partial charge in [-0.15, -0.1) is 0 Å². The predicted octanol–water partition coefficient (Wildman–Crippen LogP) is 1.18. The quantitative estimate of drug-likeness (QED) is 0.881. The molecule has 0 aromatic heterocycles. The Morgan fingerprint density at radius 3 is 2.76 bits per heavy atom. The molecule has 0 bridgehead atoms. The topological polar surface area (TPSA) is 66.5 Å². The summed E-state index contributed by atoms with van der Waals surface area (Å²) in [6, 6.07) is 6.91. The number of rotatable bonds is 3. The van der Waals surface area contributed by atoms with Crippen molar-refractivity contribution in [1.29, 1.82) is 0 Å². The van der Waals surface area contributed by atoms with Gasteiger partial charge < -0.3 is 5.32 Å². The lowest BCUT2D eigenvalue weighted by Gasteiger charge is -2.29. The van der Waals surface area contributed by atoms with Gasteiger partial charge in [0, 0.05) is 0 Å². The Kier molecular flexibility index (Phi) is 3.06. The first kappa shape index (κ1) is 11.9. The van der Waals surface area contributed by atoms with Gasteiger partial charge in [-0.3, -0.25) is 9.10 Å². The lowest BCUT2D eigenvalue weighted by molar-refractivity contribution is -0.115. The average Bonchev–Trinajstić information content (AvgIpc) is 2.27. The van der Waals surface area contributed by atoms with Gasteiger partial charge in [0.05, 0.1) is 17.1 Å². The van der Waals surface area contributed by atoms with Crippen molar-refractivity contribution in [3.8, 4) is 0 Å². The summed E-state index contributed by atoms with van der Waals surface area (Å²) in [4.78, 5) is 11.5. The van der Waals surface area contributed by atoms with E-state index in [0.29, 0.717) is 17.8 Å². The summed E-state index contributed by atoms with van der Waals surface area (Å²) in [6.45, 7) is 1.66. The fourth-order valence-corrected chi connectivity index (χ4v) is 3.33. The van der Waals surface area contributed by atoms with Gasteiger partial charge in [0.1, 0.15) is 6.54 Å². The number of nitrogens with zero attached hydrogens (tertiary/aromatic N) is 1. The van der Waals surface area contributed by atoms with Crippen molar-refractivity contribution in [2.45, 2.75) is 13.3 Å². The summed E-state index contributed by atoms with van der Waals surface area (Å²) in [7, 11) is -3.41. The van der Waals surface area contributed by atoms with Gasteiger partial charge in [-0.1, -0.05) is 19.1 Å². The molecule has 0 radical (unpaired) electrons. The minimum Gasteiger partial charge on any atom is -0.323 e. The Labute approximate surface area is 100 Å². The summed E-state index contributed by atoms with van der Waals surface area (Å²) in [6.07, 6.45) is 0.530. The second-order valence-electron chi connectivity index (χ2n) is 3.89. The molecule has 17 heavy (non-hydrogen) atoms. The normalized spacial score (nSPS) is 15.4. The van der Waals surface area contributed by atoms with Crippen LogP contribution in [0.4, 0.5) is 11.4 Å². The largest absolute Gasteiger partial charge is 0.323 e. The molecule has 0 atom stereocenters. The first-order chi connectivity index (χ1) is 8.04. The Morgan fingerprint density at radius 1 is 1.35 bits per heavy atom. The molecular weight excluding hydrogens is 240 g/mol. The molecule has 0 saturated carbocycles. The van der Waals surface area contributed by atoms with Crippen molar-refractivity contribution in [2.24, 2.45) is 0 Å². The van der Waals surface area contributed by atoms with Crippen LogP contribution >= 0.6 is 0 Å². The van der Waals surface area contributed by atoms with Crippen LogP contribution in [0.1, 0.15) is 13.3 Å². The zero-order valence-corrected chi connectivity index (χ0v) is 10.3. The van der Waals surface area contributed by atoms with Crippen LogP contribution in [0, 0.1) is 0 Å². The standard InChI is InChI=1S/C11H14N2O3S/c1-2-7-17(15,16)13-8-11(14)12-9-5-3-4-6-10(9)13/h3-6H,2,7-8H2,1H3,(H,12,14). The number of anilines is 2. The van der Waals surface area contributed by atoms with Crippen LogP contribution in [-0.4, -0.2) is 26.6 Å². The smallest absolute Gasteiger partial charge is 0.245 e. The highest BCUT2D eigenvalue weighted by molar-refractivity contribution is 7.92. The molecule has 0 unspecified atom stereocenters. The zero-order valence-electron chi connectivity index (χ0n) is 9.51. The first-order valence-corrected chi connectivity index (χ1v) is 7.05.